The van der Waals surface area contributed by atoms with Gasteiger partial charge in [-0.2, -0.15) is 0 Å². The third-order valence-corrected chi connectivity index (χ3v) is 5.73. The second-order valence-electron chi connectivity index (χ2n) is 5.16. The van der Waals surface area contributed by atoms with Gasteiger partial charge >= 0.3 is 0 Å². The fourth-order valence-corrected chi connectivity index (χ4v) is 3.13. The largest absolute Gasteiger partial charge is 0.313 e. The molecule has 1 rings (SSSR count). The average molecular weight is 283 g/mol. The lowest BCUT2D eigenvalue weighted by Gasteiger charge is -2.16. The molecule has 0 fully saturated rings. The van der Waals surface area contributed by atoms with Crippen LogP contribution in [0.3, 0.4) is 0 Å². The molecule has 0 saturated heterocycles. The lowest BCUT2D eigenvalue weighted by molar-refractivity contribution is 0.519. The molecule has 3 nitrogen and oxygen atoms in total. The number of nitrogens with one attached hydrogen (secondary N) is 1. The van der Waals surface area contributed by atoms with E-state index in [1.54, 1.807) is 13.8 Å². The summed E-state index contributed by atoms with van der Waals surface area (Å²) in [5.74, 6) is 0.301. The predicted molar refractivity (Wildman–Crippen MR) is 81.0 cm³/mol. The van der Waals surface area contributed by atoms with Crippen LogP contribution in [0.2, 0.25) is 0 Å². The number of unbranched alkanes of at least 4 members (excludes halogenated alkanes) is 1. The van der Waals surface area contributed by atoms with Gasteiger partial charge in [-0.3, -0.25) is 0 Å². The van der Waals surface area contributed by atoms with Crippen molar-refractivity contribution in [2.75, 3.05) is 12.8 Å². The molecule has 0 aromatic heterocycles. The Morgan fingerprint density at radius 3 is 2.26 bits per heavy atom. The Balaban J connectivity index is 2.40. The number of hydrogen-bond donors (Lipinski definition) is 1. The van der Waals surface area contributed by atoms with E-state index in [0.29, 0.717) is 11.8 Å². The smallest absolute Gasteiger partial charge is 0.152 e. The minimum Gasteiger partial charge on any atom is -0.313 e. The van der Waals surface area contributed by atoms with E-state index in [2.05, 4.69) is 17.4 Å². The Kier molecular flexibility index (Phi) is 6.52. The van der Waals surface area contributed by atoms with Crippen LogP contribution in [-0.2, 0) is 9.84 Å². The molecule has 108 valence electrons. The summed E-state index contributed by atoms with van der Waals surface area (Å²) in [4.78, 5) is 0. The van der Waals surface area contributed by atoms with Gasteiger partial charge in [-0.05, 0) is 39.3 Å². The summed E-state index contributed by atoms with van der Waals surface area (Å²) >= 11 is 0. The van der Waals surface area contributed by atoms with Crippen LogP contribution in [0.5, 0.6) is 0 Å². The van der Waals surface area contributed by atoms with Gasteiger partial charge in [-0.15, -0.1) is 0 Å². The van der Waals surface area contributed by atoms with Gasteiger partial charge in [0.1, 0.15) is 0 Å². The number of sulfone groups is 1. The van der Waals surface area contributed by atoms with Crippen LogP contribution in [0.25, 0.3) is 0 Å². The molecule has 1 aromatic carbocycles. The zero-order valence-corrected chi connectivity index (χ0v) is 12.9. The first-order chi connectivity index (χ1) is 8.97. The van der Waals surface area contributed by atoms with E-state index in [-0.39, 0.29) is 5.25 Å². The maximum Gasteiger partial charge on any atom is 0.152 e. The van der Waals surface area contributed by atoms with Crippen LogP contribution in [0.1, 0.15) is 44.7 Å². The van der Waals surface area contributed by atoms with Gasteiger partial charge in [0.2, 0.25) is 0 Å². The topological polar surface area (TPSA) is 46.2 Å². The molecular formula is C15H25NO2S. The second-order valence-corrected chi connectivity index (χ2v) is 7.84. The Morgan fingerprint density at radius 2 is 1.74 bits per heavy atom. The zero-order chi connectivity index (χ0) is 14.3. The third-order valence-electron chi connectivity index (χ3n) is 3.44. The van der Waals surface area contributed by atoms with Crippen molar-refractivity contribution in [1.82, 2.24) is 5.32 Å². The summed E-state index contributed by atoms with van der Waals surface area (Å²) in [5.41, 5.74) is 1.26. The molecule has 0 aliphatic rings. The summed E-state index contributed by atoms with van der Waals surface area (Å²) < 4.78 is 23.4. The van der Waals surface area contributed by atoms with Gasteiger partial charge in [0.05, 0.1) is 11.0 Å². The molecule has 1 aromatic rings. The van der Waals surface area contributed by atoms with Crippen LogP contribution in [-0.4, -0.2) is 26.5 Å². The first kappa shape index (κ1) is 16.2. The lowest BCUT2D eigenvalue weighted by atomic mass is 10.0. The highest BCUT2D eigenvalue weighted by Crippen LogP contribution is 2.19. The molecule has 1 unspecified atom stereocenters. The van der Waals surface area contributed by atoms with Gasteiger partial charge in [0, 0.05) is 6.04 Å². The lowest BCUT2D eigenvalue weighted by Crippen LogP contribution is -2.19. The molecule has 0 bridgehead atoms. The van der Waals surface area contributed by atoms with Crippen molar-refractivity contribution >= 4 is 9.84 Å². The molecule has 0 heterocycles. The molecule has 1 N–H and O–H groups in total. The fraction of sp³-hybridized carbons (Fsp3) is 0.600. The molecule has 0 aliphatic heterocycles. The third kappa shape index (κ3) is 5.33. The molecule has 0 amide bonds. The van der Waals surface area contributed by atoms with Crippen LogP contribution in [0.15, 0.2) is 30.3 Å². The monoisotopic (exact) mass is 283 g/mol. The van der Waals surface area contributed by atoms with Crippen molar-refractivity contribution in [1.29, 1.82) is 0 Å². The molecule has 19 heavy (non-hydrogen) atoms. The van der Waals surface area contributed by atoms with E-state index >= 15 is 0 Å². The highest BCUT2D eigenvalue weighted by molar-refractivity contribution is 7.91. The molecule has 1 atom stereocenters. The number of hydrogen-bond acceptors (Lipinski definition) is 3. The normalized spacial score (nSPS) is 13.7. The second kappa shape index (κ2) is 7.65. The Labute approximate surface area is 117 Å². The molecule has 0 saturated carbocycles. The number of benzene rings is 1. The minimum absolute atomic E-state index is 0.262. The highest BCUT2D eigenvalue weighted by atomic mass is 32.2. The zero-order valence-electron chi connectivity index (χ0n) is 12.1. The summed E-state index contributed by atoms with van der Waals surface area (Å²) in [7, 11) is -0.941. The summed E-state index contributed by atoms with van der Waals surface area (Å²) in [6.45, 7) is 3.49. The molecule has 0 aliphatic carbocycles. The van der Waals surface area contributed by atoms with Crippen molar-refractivity contribution in [3.05, 3.63) is 35.9 Å². The van der Waals surface area contributed by atoms with Crippen molar-refractivity contribution in [2.45, 2.75) is 44.4 Å². The Hall–Kier alpha value is -0.870. The van der Waals surface area contributed by atoms with E-state index in [1.165, 1.54) is 5.56 Å². The van der Waals surface area contributed by atoms with Crippen LogP contribution in [0, 0.1) is 0 Å². The first-order valence-electron chi connectivity index (χ1n) is 6.91. The van der Waals surface area contributed by atoms with Crippen molar-refractivity contribution in [2.24, 2.45) is 0 Å². The van der Waals surface area contributed by atoms with E-state index in [9.17, 15) is 8.42 Å². The van der Waals surface area contributed by atoms with E-state index in [0.717, 1.165) is 19.3 Å². The Morgan fingerprint density at radius 1 is 1.11 bits per heavy atom. The maximum atomic E-state index is 11.7. The minimum atomic E-state index is -2.89. The van der Waals surface area contributed by atoms with Gasteiger partial charge < -0.3 is 5.32 Å². The van der Waals surface area contributed by atoms with Crippen LogP contribution >= 0.6 is 0 Å². The van der Waals surface area contributed by atoms with Gasteiger partial charge in [0.15, 0.2) is 9.84 Å². The molecule has 0 spiro atoms. The number of rotatable bonds is 8. The predicted octanol–water partition coefficient (Wildman–Crippen LogP) is 2.94. The van der Waals surface area contributed by atoms with E-state index in [1.807, 2.05) is 25.2 Å². The fourth-order valence-electron chi connectivity index (χ4n) is 2.05. The Bertz CT molecular complexity index is 454. The summed E-state index contributed by atoms with van der Waals surface area (Å²) in [5, 5.41) is 3.03. The van der Waals surface area contributed by atoms with E-state index in [4.69, 9.17) is 0 Å². The first-order valence-corrected chi connectivity index (χ1v) is 8.62. The van der Waals surface area contributed by atoms with Crippen LogP contribution in [0.4, 0.5) is 0 Å². The van der Waals surface area contributed by atoms with Crippen molar-refractivity contribution in [3.63, 3.8) is 0 Å². The molecule has 4 heteroatoms. The highest BCUT2D eigenvalue weighted by Gasteiger charge is 2.16. The van der Waals surface area contributed by atoms with Crippen molar-refractivity contribution < 1.29 is 8.42 Å². The maximum absolute atomic E-state index is 11.7. The SMILES string of the molecule is CNC(CCCCS(=O)(=O)C(C)C)c1ccccc1. The average Bonchev–Trinajstić information content (AvgIpc) is 2.39. The van der Waals surface area contributed by atoms with E-state index < -0.39 is 9.84 Å². The van der Waals surface area contributed by atoms with Crippen molar-refractivity contribution in [3.8, 4) is 0 Å². The van der Waals surface area contributed by atoms with Crippen LogP contribution < -0.4 is 5.32 Å². The standard InChI is InChI=1S/C15H25NO2S/c1-13(2)19(17,18)12-8-7-11-15(16-3)14-9-5-4-6-10-14/h4-6,9-10,13,15-16H,7-8,11-12H2,1-3H3. The summed E-state index contributed by atoms with van der Waals surface area (Å²) in [6, 6.07) is 10.6. The van der Waals surface area contributed by atoms with Gasteiger partial charge in [0.25, 0.3) is 0 Å². The van der Waals surface area contributed by atoms with Gasteiger partial charge in [-0.1, -0.05) is 36.8 Å². The molecule has 0 radical (unpaired) electrons. The summed E-state index contributed by atoms with van der Waals surface area (Å²) in [6.07, 6.45) is 2.63. The van der Waals surface area contributed by atoms with Gasteiger partial charge in [-0.25, -0.2) is 8.42 Å². The quantitative estimate of drug-likeness (QED) is 0.746. The molecular weight excluding hydrogens is 258 g/mol.